The molecule has 0 atom stereocenters. The minimum absolute atomic E-state index is 0.267. The number of fused-ring (bicyclic) bond motifs is 1. The summed E-state index contributed by atoms with van der Waals surface area (Å²) < 4.78 is 15.0. The Morgan fingerprint density at radius 2 is 1.73 bits per heavy atom. The van der Waals surface area contributed by atoms with E-state index in [4.69, 9.17) is 4.98 Å². The van der Waals surface area contributed by atoms with Gasteiger partial charge in [0.05, 0.1) is 5.52 Å². The third kappa shape index (κ3) is 2.97. The van der Waals surface area contributed by atoms with Crippen molar-refractivity contribution in [1.82, 2.24) is 19.7 Å². The summed E-state index contributed by atoms with van der Waals surface area (Å²) in [7, 11) is 1.90. The van der Waals surface area contributed by atoms with Gasteiger partial charge in [0, 0.05) is 18.0 Å². The van der Waals surface area contributed by atoms with Gasteiger partial charge in [0.1, 0.15) is 10.8 Å². The molecule has 4 rings (SSSR count). The topological polar surface area (TPSA) is 43.6 Å². The number of aryl methyl sites for hydroxylation is 2. The fraction of sp³-hybridized carbons (Fsp3) is 0.150. The van der Waals surface area contributed by atoms with Crippen molar-refractivity contribution in [2.24, 2.45) is 7.05 Å². The molecule has 4 nitrogen and oxygen atoms in total. The first-order valence-electron chi connectivity index (χ1n) is 8.23. The van der Waals surface area contributed by atoms with Gasteiger partial charge in [-0.3, -0.25) is 0 Å². The maximum Gasteiger partial charge on any atom is 0.197 e. The number of hydrogen-bond donors (Lipinski definition) is 0. The Morgan fingerprint density at radius 3 is 2.50 bits per heavy atom. The van der Waals surface area contributed by atoms with E-state index in [0.29, 0.717) is 5.82 Å². The standard InChI is InChI=1S/C20H17FN4S/c1-12-5-4-6-16-13(2)11-17(22-18(12)16)26-20-24-23-19(25(20)3)14-7-9-15(21)10-8-14/h4-11H,1-3H3. The van der Waals surface area contributed by atoms with Crippen LogP contribution in [-0.4, -0.2) is 19.7 Å². The van der Waals surface area contributed by atoms with Gasteiger partial charge in [-0.2, -0.15) is 0 Å². The van der Waals surface area contributed by atoms with Crippen LogP contribution in [0, 0.1) is 19.7 Å². The van der Waals surface area contributed by atoms with E-state index in [1.54, 1.807) is 12.1 Å². The molecule has 2 aromatic carbocycles. The van der Waals surface area contributed by atoms with Crippen molar-refractivity contribution in [1.29, 1.82) is 0 Å². The second-order valence-electron chi connectivity index (χ2n) is 6.22. The minimum Gasteiger partial charge on any atom is -0.305 e. The fourth-order valence-corrected chi connectivity index (χ4v) is 3.80. The van der Waals surface area contributed by atoms with E-state index in [2.05, 4.69) is 48.3 Å². The van der Waals surface area contributed by atoms with Crippen LogP contribution in [0.2, 0.25) is 0 Å². The third-order valence-corrected chi connectivity index (χ3v) is 5.31. The van der Waals surface area contributed by atoms with Crippen LogP contribution in [0.3, 0.4) is 0 Å². The van der Waals surface area contributed by atoms with E-state index in [-0.39, 0.29) is 5.82 Å². The van der Waals surface area contributed by atoms with Crippen molar-refractivity contribution in [2.75, 3.05) is 0 Å². The Balaban J connectivity index is 1.71. The Labute approximate surface area is 155 Å². The molecule has 0 radical (unpaired) electrons. The number of para-hydroxylation sites is 1. The summed E-state index contributed by atoms with van der Waals surface area (Å²) in [6, 6.07) is 14.5. The van der Waals surface area contributed by atoms with E-state index in [9.17, 15) is 4.39 Å². The Kier molecular flexibility index (Phi) is 4.20. The molecular formula is C20H17FN4S. The molecule has 2 aromatic heterocycles. The first kappa shape index (κ1) is 16.7. The molecule has 0 aliphatic heterocycles. The van der Waals surface area contributed by atoms with Crippen molar-refractivity contribution in [2.45, 2.75) is 24.0 Å². The summed E-state index contributed by atoms with van der Waals surface area (Å²) >= 11 is 1.47. The van der Waals surface area contributed by atoms with E-state index >= 15 is 0 Å². The molecule has 130 valence electrons. The molecule has 2 heterocycles. The molecular weight excluding hydrogens is 347 g/mol. The molecule has 0 saturated heterocycles. The highest BCUT2D eigenvalue weighted by atomic mass is 32.2. The second kappa shape index (κ2) is 6.53. The summed E-state index contributed by atoms with van der Waals surface area (Å²) in [6.45, 7) is 4.16. The number of hydrogen-bond acceptors (Lipinski definition) is 4. The molecule has 0 saturated carbocycles. The highest BCUT2D eigenvalue weighted by Crippen LogP contribution is 2.31. The molecule has 6 heteroatoms. The predicted molar refractivity (Wildman–Crippen MR) is 102 cm³/mol. The van der Waals surface area contributed by atoms with Crippen LogP contribution in [0.25, 0.3) is 22.3 Å². The Morgan fingerprint density at radius 1 is 0.962 bits per heavy atom. The van der Waals surface area contributed by atoms with Crippen LogP contribution in [0.4, 0.5) is 4.39 Å². The number of nitrogens with zero attached hydrogens (tertiary/aromatic N) is 4. The van der Waals surface area contributed by atoms with Gasteiger partial charge in [-0.15, -0.1) is 10.2 Å². The first-order valence-corrected chi connectivity index (χ1v) is 9.05. The lowest BCUT2D eigenvalue weighted by Crippen LogP contribution is -1.96. The molecule has 0 bridgehead atoms. The maximum absolute atomic E-state index is 13.1. The zero-order chi connectivity index (χ0) is 18.3. The number of halogens is 1. The van der Waals surface area contributed by atoms with Gasteiger partial charge in [-0.05, 0) is 67.1 Å². The molecule has 0 fully saturated rings. The van der Waals surface area contributed by atoms with Crippen LogP contribution in [0.5, 0.6) is 0 Å². The smallest absolute Gasteiger partial charge is 0.197 e. The summed E-state index contributed by atoms with van der Waals surface area (Å²) in [5.41, 5.74) is 4.17. The number of pyridine rings is 1. The zero-order valence-electron chi connectivity index (χ0n) is 14.7. The molecule has 0 aliphatic rings. The number of rotatable bonds is 3. The SMILES string of the molecule is Cc1cc(Sc2nnc(-c3ccc(F)cc3)n2C)nc2c(C)cccc12. The molecule has 4 aromatic rings. The van der Waals surface area contributed by atoms with Crippen LogP contribution < -0.4 is 0 Å². The second-order valence-corrected chi connectivity index (χ2v) is 7.21. The van der Waals surface area contributed by atoms with Gasteiger partial charge in [0.25, 0.3) is 0 Å². The van der Waals surface area contributed by atoms with E-state index in [1.165, 1.54) is 34.8 Å². The van der Waals surface area contributed by atoms with Crippen LogP contribution in [0.15, 0.2) is 58.7 Å². The Bertz CT molecular complexity index is 1100. The Hall–Kier alpha value is -2.73. The van der Waals surface area contributed by atoms with E-state index in [0.717, 1.165) is 26.8 Å². The lowest BCUT2D eigenvalue weighted by atomic mass is 10.1. The monoisotopic (exact) mass is 364 g/mol. The summed E-state index contributed by atoms with van der Waals surface area (Å²) in [4.78, 5) is 4.80. The molecule has 0 N–H and O–H groups in total. The zero-order valence-corrected chi connectivity index (χ0v) is 15.5. The van der Waals surface area contributed by atoms with Crippen molar-refractivity contribution in [3.63, 3.8) is 0 Å². The minimum atomic E-state index is -0.267. The number of benzene rings is 2. The lowest BCUT2D eigenvalue weighted by molar-refractivity contribution is 0.628. The fourth-order valence-electron chi connectivity index (χ4n) is 2.93. The van der Waals surface area contributed by atoms with Gasteiger partial charge in [0.15, 0.2) is 11.0 Å². The highest BCUT2D eigenvalue weighted by Gasteiger charge is 2.14. The van der Waals surface area contributed by atoms with Crippen LogP contribution in [-0.2, 0) is 7.05 Å². The average molecular weight is 364 g/mol. The quantitative estimate of drug-likeness (QED) is 0.517. The lowest BCUT2D eigenvalue weighted by Gasteiger charge is -2.08. The predicted octanol–water partition coefficient (Wildman–Crippen LogP) is 4.94. The highest BCUT2D eigenvalue weighted by molar-refractivity contribution is 7.99. The van der Waals surface area contributed by atoms with Gasteiger partial charge >= 0.3 is 0 Å². The summed E-state index contributed by atoms with van der Waals surface area (Å²) in [5, 5.41) is 11.3. The summed E-state index contributed by atoms with van der Waals surface area (Å²) in [6.07, 6.45) is 0. The van der Waals surface area contributed by atoms with Gasteiger partial charge in [-0.25, -0.2) is 9.37 Å². The molecule has 0 aliphatic carbocycles. The van der Waals surface area contributed by atoms with Gasteiger partial charge < -0.3 is 4.57 Å². The molecule has 26 heavy (non-hydrogen) atoms. The van der Waals surface area contributed by atoms with Gasteiger partial charge in [0.2, 0.25) is 0 Å². The van der Waals surface area contributed by atoms with Crippen LogP contribution in [0.1, 0.15) is 11.1 Å². The maximum atomic E-state index is 13.1. The summed E-state index contributed by atoms with van der Waals surface area (Å²) in [5.74, 6) is 0.429. The van der Waals surface area contributed by atoms with Crippen LogP contribution >= 0.6 is 11.8 Å². The van der Waals surface area contributed by atoms with E-state index < -0.39 is 0 Å². The van der Waals surface area contributed by atoms with Crippen molar-refractivity contribution in [3.05, 3.63) is 65.5 Å². The van der Waals surface area contributed by atoms with Gasteiger partial charge in [-0.1, -0.05) is 18.2 Å². The largest absolute Gasteiger partial charge is 0.305 e. The molecule has 0 amide bonds. The normalized spacial score (nSPS) is 11.2. The van der Waals surface area contributed by atoms with E-state index in [1.807, 2.05) is 11.6 Å². The van der Waals surface area contributed by atoms with Crippen molar-refractivity contribution < 1.29 is 4.39 Å². The average Bonchev–Trinajstić information content (AvgIpc) is 2.97. The van der Waals surface area contributed by atoms with Crippen molar-refractivity contribution >= 4 is 22.7 Å². The number of aromatic nitrogens is 4. The third-order valence-electron chi connectivity index (χ3n) is 4.36. The molecule has 0 unspecified atom stereocenters. The van der Waals surface area contributed by atoms with Crippen molar-refractivity contribution in [3.8, 4) is 11.4 Å². The first-order chi connectivity index (χ1) is 12.5. The molecule has 0 spiro atoms.